The van der Waals surface area contributed by atoms with Gasteiger partial charge in [-0.25, -0.2) is 8.78 Å². The highest BCUT2D eigenvalue weighted by molar-refractivity contribution is 9.10. The highest BCUT2D eigenvalue weighted by Crippen LogP contribution is 2.50. The second kappa shape index (κ2) is 7.72. The zero-order chi connectivity index (χ0) is 18.9. The van der Waals surface area contributed by atoms with Crippen molar-refractivity contribution in [2.45, 2.75) is 43.6 Å². The van der Waals surface area contributed by atoms with Gasteiger partial charge in [-0.2, -0.15) is 0 Å². The van der Waals surface area contributed by atoms with Crippen molar-refractivity contribution < 1.29 is 18.4 Å². The molecule has 1 amide bonds. The Balaban J connectivity index is 1.53. The van der Waals surface area contributed by atoms with E-state index in [9.17, 15) is 18.4 Å². The molecule has 2 aliphatic carbocycles. The van der Waals surface area contributed by atoms with E-state index in [1.165, 1.54) is 0 Å². The van der Waals surface area contributed by atoms with Crippen molar-refractivity contribution >= 4 is 28.1 Å². The van der Waals surface area contributed by atoms with Gasteiger partial charge in [-0.15, -0.1) is 0 Å². The number of aldehydes is 1. The van der Waals surface area contributed by atoms with Gasteiger partial charge in [0.05, 0.1) is 6.54 Å². The molecule has 0 aromatic heterocycles. The SMILES string of the molecule is CN(CC(=O)NC1CC(C(F)F)C1)CC1(c2cc(Br)ccc2C=O)CC1. The molecule has 0 heterocycles. The fourth-order valence-electron chi connectivity index (χ4n) is 3.83. The molecule has 1 N–H and O–H groups in total. The molecule has 142 valence electrons. The fraction of sp³-hybridized carbons (Fsp3) is 0.579. The largest absolute Gasteiger partial charge is 0.352 e. The molecule has 0 atom stereocenters. The van der Waals surface area contributed by atoms with Crippen molar-refractivity contribution in [2.75, 3.05) is 20.1 Å². The highest BCUT2D eigenvalue weighted by atomic mass is 79.9. The van der Waals surface area contributed by atoms with Crippen LogP contribution < -0.4 is 5.32 Å². The first-order valence-electron chi connectivity index (χ1n) is 8.84. The number of hydrogen-bond acceptors (Lipinski definition) is 3. The predicted molar refractivity (Wildman–Crippen MR) is 98.6 cm³/mol. The van der Waals surface area contributed by atoms with E-state index in [4.69, 9.17) is 0 Å². The predicted octanol–water partition coefficient (Wildman–Crippen LogP) is 3.38. The Morgan fingerprint density at radius 2 is 2.12 bits per heavy atom. The summed E-state index contributed by atoms with van der Waals surface area (Å²) >= 11 is 3.46. The number of nitrogens with one attached hydrogen (secondary N) is 1. The number of carbonyl (C=O) groups is 2. The maximum absolute atomic E-state index is 12.5. The summed E-state index contributed by atoms with van der Waals surface area (Å²) in [5.41, 5.74) is 1.62. The van der Waals surface area contributed by atoms with E-state index in [-0.39, 0.29) is 23.9 Å². The summed E-state index contributed by atoms with van der Waals surface area (Å²) in [6.07, 6.45) is 1.27. The normalized spacial score (nSPS) is 23.6. The molecule has 2 fully saturated rings. The fourth-order valence-corrected chi connectivity index (χ4v) is 4.19. The maximum atomic E-state index is 12.5. The van der Waals surface area contributed by atoms with Crippen molar-refractivity contribution in [3.8, 4) is 0 Å². The molecule has 0 saturated heterocycles. The third kappa shape index (κ3) is 4.31. The summed E-state index contributed by atoms with van der Waals surface area (Å²) in [6.45, 7) is 0.907. The molecule has 0 aliphatic heterocycles. The van der Waals surface area contributed by atoms with Gasteiger partial charge in [0.25, 0.3) is 0 Å². The zero-order valence-corrected chi connectivity index (χ0v) is 16.3. The minimum absolute atomic E-state index is 0.0910. The monoisotopic (exact) mass is 428 g/mol. The van der Waals surface area contributed by atoms with E-state index in [1.807, 2.05) is 30.1 Å². The van der Waals surface area contributed by atoms with Gasteiger partial charge < -0.3 is 5.32 Å². The summed E-state index contributed by atoms with van der Waals surface area (Å²) in [7, 11) is 1.88. The van der Waals surface area contributed by atoms with E-state index >= 15 is 0 Å². The number of hydrogen-bond donors (Lipinski definition) is 1. The van der Waals surface area contributed by atoms with Crippen LogP contribution in [0.5, 0.6) is 0 Å². The first-order valence-corrected chi connectivity index (χ1v) is 9.63. The summed E-state index contributed by atoms with van der Waals surface area (Å²) in [5, 5.41) is 2.83. The van der Waals surface area contributed by atoms with Crippen LogP contribution >= 0.6 is 15.9 Å². The molecule has 0 spiro atoms. The zero-order valence-electron chi connectivity index (χ0n) is 14.7. The molecule has 26 heavy (non-hydrogen) atoms. The van der Waals surface area contributed by atoms with Crippen LogP contribution in [0.3, 0.4) is 0 Å². The van der Waals surface area contributed by atoms with Crippen LogP contribution in [0.25, 0.3) is 0 Å². The molecule has 3 rings (SSSR count). The first kappa shape index (κ1) is 19.4. The first-order chi connectivity index (χ1) is 12.3. The standard InChI is InChI=1S/C19H23BrF2N2O2/c1-24(9-17(26)23-15-6-13(7-15)18(21)22)11-19(4-5-19)16-8-14(20)3-2-12(16)10-25/h2-3,8,10,13,15,18H,4-7,9,11H2,1H3,(H,23,26). The van der Waals surface area contributed by atoms with Crippen LogP contribution in [0.1, 0.15) is 41.6 Å². The van der Waals surface area contributed by atoms with Gasteiger partial charge >= 0.3 is 0 Å². The minimum atomic E-state index is -2.29. The van der Waals surface area contributed by atoms with Gasteiger partial charge in [0.15, 0.2) is 0 Å². The molecule has 0 radical (unpaired) electrons. The average Bonchev–Trinajstić information content (AvgIpc) is 3.30. The Hall–Kier alpha value is -1.34. The molecular weight excluding hydrogens is 406 g/mol. The summed E-state index contributed by atoms with van der Waals surface area (Å²) in [5.74, 6) is -0.711. The smallest absolute Gasteiger partial charge is 0.241 e. The number of alkyl halides is 2. The molecule has 2 aliphatic rings. The van der Waals surface area contributed by atoms with Crippen molar-refractivity contribution in [3.63, 3.8) is 0 Å². The lowest BCUT2D eigenvalue weighted by Gasteiger charge is -2.35. The maximum Gasteiger partial charge on any atom is 0.241 e. The van der Waals surface area contributed by atoms with Gasteiger partial charge in [-0.1, -0.05) is 22.0 Å². The highest BCUT2D eigenvalue weighted by Gasteiger charge is 2.46. The second-order valence-electron chi connectivity index (χ2n) is 7.63. The van der Waals surface area contributed by atoms with E-state index in [0.29, 0.717) is 24.9 Å². The Morgan fingerprint density at radius 3 is 2.69 bits per heavy atom. The van der Waals surface area contributed by atoms with Crippen LogP contribution in [-0.4, -0.2) is 49.7 Å². The van der Waals surface area contributed by atoms with Crippen LogP contribution in [0.15, 0.2) is 22.7 Å². The van der Waals surface area contributed by atoms with Gasteiger partial charge in [0.1, 0.15) is 6.29 Å². The average molecular weight is 429 g/mol. The van der Waals surface area contributed by atoms with Gasteiger partial charge in [-0.3, -0.25) is 14.5 Å². The van der Waals surface area contributed by atoms with Gasteiger partial charge in [0.2, 0.25) is 12.3 Å². The van der Waals surface area contributed by atoms with Crippen LogP contribution in [-0.2, 0) is 10.2 Å². The van der Waals surface area contributed by atoms with Gasteiger partial charge in [0, 0.05) is 34.0 Å². The van der Waals surface area contributed by atoms with Crippen LogP contribution in [0.4, 0.5) is 8.78 Å². The third-order valence-electron chi connectivity index (χ3n) is 5.45. The number of rotatable bonds is 8. The number of carbonyl (C=O) groups excluding carboxylic acids is 2. The van der Waals surface area contributed by atoms with Gasteiger partial charge in [-0.05, 0) is 50.4 Å². The molecule has 1 aromatic carbocycles. The van der Waals surface area contributed by atoms with Crippen LogP contribution in [0, 0.1) is 5.92 Å². The lowest BCUT2D eigenvalue weighted by Crippen LogP contribution is -2.49. The molecule has 1 aromatic rings. The minimum Gasteiger partial charge on any atom is -0.352 e. The quantitative estimate of drug-likeness (QED) is 0.645. The number of benzene rings is 1. The van der Waals surface area contributed by atoms with Crippen molar-refractivity contribution in [1.82, 2.24) is 10.2 Å². The van der Waals surface area contributed by atoms with Crippen LogP contribution in [0.2, 0.25) is 0 Å². The Bertz CT molecular complexity index is 688. The Morgan fingerprint density at radius 1 is 1.42 bits per heavy atom. The molecule has 7 heteroatoms. The van der Waals surface area contributed by atoms with E-state index in [2.05, 4.69) is 21.2 Å². The molecule has 0 unspecified atom stereocenters. The van der Waals surface area contributed by atoms with Crippen molar-refractivity contribution in [1.29, 1.82) is 0 Å². The van der Waals surface area contributed by atoms with Crippen molar-refractivity contribution in [3.05, 3.63) is 33.8 Å². The lowest BCUT2D eigenvalue weighted by atomic mass is 9.80. The third-order valence-corrected chi connectivity index (χ3v) is 5.94. The lowest BCUT2D eigenvalue weighted by molar-refractivity contribution is -0.124. The van der Waals surface area contributed by atoms with E-state index < -0.39 is 12.3 Å². The Labute approximate surface area is 160 Å². The summed E-state index contributed by atoms with van der Waals surface area (Å²) in [4.78, 5) is 25.5. The molecule has 0 bridgehead atoms. The molecular formula is C19H23BrF2N2O2. The number of nitrogens with zero attached hydrogens (tertiary/aromatic N) is 1. The second-order valence-corrected chi connectivity index (χ2v) is 8.55. The molecule has 4 nitrogen and oxygen atoms in total. The molecule has 2 saturated carbocycles. The Kier molecular flexibility index (Phi) is 5.77. The number of halogens is 3. The van der Waals surface area contributed by atoms with E-state index in [1.54, 1.807) is 0 Å². The number of likely N-dealkylation sites (N-methyl/N-ethyl adjacent to an activating group) is 1. The summed E-state index contributed by atoms with van der Waals surface area (Å²) < 4.78 is 25.9. The van der Waals surface area contributed by atoms with Crippen molar-refractivity contribution in [2.24, 2.45) is 5.92 Å². The topological polar surface area (TPSA) is 49.4 Å². The summed E-state index contributed by atoms with van der Waals surface area (Å²) in [6, 6.07) is 5.53. The van der Waals surface area contributed by atoms with E-state index in [0.717, 1.165) is 29.2 Å². The number of amides is 1.